The second kappa shape index (κ2) is 14.5. The molecular formula is C13H30O13. The van der Waals surface area contributed by atoms with Gasteiger partial charge in [0.15, 0.2) is 0 Å². The van der Waals surface area contributed by atoms with Crippen molar-refractivity contribution in [3.8, 4) is 0 Å². The summed E-state index contributed by atoms with van der Waals surface area (Å²) in [5.41, 5.74) is 0. The molecule has 0 rings (SSSR count). The van der Waals surface area contributed by atoms with Crippen molar-refractivity contribution in [1.29, 1.82) is 0 Å². The number of hydrogen-bond acceptors (Lipinski definition) is 13. The zero-order chi connectivity index (χ0) is 21.0. The summed E-state index contributed by atoms with van der Waals surface area (Å²) in [6, 6.07) is 0. The Morgan fingerprint density at radius 2 is 0.462 bits per heavy atom. The summed E-state index contributed by atoms with van der Waals surface area (Å²) in [4.78, 5) is 0. The van der Waals surface area contributed by atoms with Crippen LogP contribution in [0, 0.1) is 0 Å². The molecule has 9 atom stereocenters. The third-order valence-corrected chi connectivity index (χ3v) is 3.37. The molecule has 0 aromatic heterocycles. The van der Waals surface area contributed by atoms with Crippen molar-refractivity contribution >= 4 is 0 Å². The lowest BCUT2D eigenvalue weighted by atomic mass is 10.00. The van der Waals surface area contributed by atoms with Gasteiger partial charge in [-0.2, -0.15) is 0 Å². The molecule has 0 bridgehead atoms. The number of hydrogen-bond donors (Lipinski definition) is 13. The molecule has 13 heteroatoms. The monoisotopic (exact) mass is 394 g/mol. The molecule has 0 aliphatic heterocycles. The molecule has 0 aliphatic carbocycles. The summed E-state index contributed by atoms with van der Waals surface area (Å²) in [6.07, 6.45) is -15.1. The van der Waals surface area contributed by atoms with Crippen LogP contribution < -0.4 is 0 Å². The Kier molecular flexibility index (Phi) is 15.5. The van der Waals surface area contributed by atoms with E-state index < -0.39 is 81.4 Å². The van der Waals surface area contributed by atoms with E-state index in [1.54, 1.807) is 0 Å². The summed E-state index contributed by atoms with van der Waals surface area (Å²) in [6.45, 7) is -3.03. The normalized spacial score (nSPS) is 22.0. The van der Waals surface area contributed by atoms with Crippen molar-refractivity contribution in [1.82, 2.24) is 0 Å². The molecule has 26 heavy (non-hydrogen) atoms. The van der Waals surface area contributed by atoms with Gasteiger partial charge >= 0.3 is 0 Å². The van der Waals surface area contributed by atoms with Gasteiger partial charge in [0.2, 0.25) is 0 Å². The van der Waals surface area contributed by atoms with E-state index in [4.69, 9.17) is 66.4 Å². The van der Waals surface area contributed by atoms with Crippen LogP contribution in [0.3, 0.4) is 0 Å². The number of aliphatic hydroxyl groups is 13. The van der Waals surface area contributed by atoms with E-state index >= 15 is 0 Å². The molecule has 0 aliphatic rings. The van der Waals surface area contributed by atoms with Gasteiger partial charge < -0.3 is 66.4 Å². The fourth-order valence-electron chi connectivity index (χ4n) is 1.54. The molecule has 0 saturated heterocycles. The lowest BCUT2D eigenvalue weighted by molar-refractivity contribution is -0.145. The molecule has 0 heterocycles. The van der Waals surface area contributed by atoms with E-state index in [9.17, 15) is 0 Å². The minimum absolute atomic E-state index is 0.726. The van der Waals surface area contributed by atoms with Gasteiger partial charge in [0.25, 0.3) is 0 Å². The average molecular weight is 394 g/mol. The Morgan fingerprint density at radius 3 is 0.615 bits per heavy atom. The average Bonchev–Trinajstić information content (AvgIpc) is 2.68. The SMILES string of the molecule is OC[C@@H](O)[C@@H](O)[C@H](O)[C@@H](O)CO.OC[C@@H](O)[C@@H](O)[C@H](O)[C@H](O)[C@@H](O)CO. The van der Waals surface area contributed by atoms with Gasteiger partial charge in [0.05, 0.1) is 26.4 Å². The lowest BCUT2D eigenvalue weighted by Crippen LogP contribution is -2.50. The van der Waals surface area contributed by atoms with Crippen LogP contribution in [0.4, 0.5) is 0 Å². The highest BCUT2D eigenvalue weighted by molar-refractivity contribution is 4.84. The van der Waals surface area contributed by atoms with Gasteiger partial charge in [-0.15, -0.1) is 0 Å². The molecule has 160 valence electrons. The molecule has 0 unspecified atom stereocenters. The summed E-state index contributed by atoms with van der Waals surface area (Å²) in [5.74, 6) is 0. The van der Waals surface area contributed by atoms with Gasteiger partial charge in [-0.05, 0) is 0 Å². The summed E-state index contributed by atoms with van der Waals surface area (Å²) in [5, 5.41) is 114. The Balaban J connectivity index is 0. The molecule has 0 saturated carbocycles. The standard InChI is InChI=1S/C7H16O7.C6H14O6/c8-1-3(10)5(12)7(14)6(13)4(11)2-9;7-1-3(9)5(11)6(12)4(10)2-8/h3-14H,1-2H2;3-12H,1-2H2/t3-,4+,5-,6-,7+;3-,4+,5-,6-/m11/s1. The fourth-order valence-corrected chi connectivity index (χ4v) is 1.54. The van der Waals surface area contributed by atoms with Crippen LogP contribution in [0.5, 0.6) is 0 Å². The van der Waals surface area contributed by atoms with E-state index in [0.29, 0.717) is 0 Å². The highest BCUT2D eigenvalue weighted by atomic mass is 16.4. The quantitative estimate of drug-likeness (QED) is 0.155. The summed E-state index contributed by atoms with van der Waals surface area (Å²) in [7, 11) is 0. The molecule has 0 radical (unpaired) electrons. The predicted molar refractivity (Wildman–Crippen MR) is 82.4 cm³/mol. The molecule has 13 N–H and O–H groups in total. The van der Waals surface area contributed by atoms with Crippen LogP contribution in [0.1, 0.15) is 0 Å². The van der Waals surface area contributed by atoms with Crippen LogP contribution in [0.25, 0.3) is 0 Å². The third-order valence-electron chi connectivity index (χ3n) is 3.37. The number of rotatable bonds is 11. The first kappa shape index (κ1) is 27.7. The highest BCUT2D eigenvalue weighted by Gasteiger charge is 2.33. The first-order valence-electron chi connectivity index (χ1n) is 7.56. The largest absolute Gasteiger partial charge is 0.394 e. The van der Waals surface area contributed by atoms with Gasteiger partial charge in [0.1, 0.15) is 54.9 Å². The molecule has 0 spiro atoms. The fraction of sp³-hybridized carbons (Fsp3) is 1.00. The van der Waals surface area contributed by atoms with E-state index in [1.165, 1.54) is 0 Å². The Hall–Kier alpha value is -0.520. The summed E-state index contributed by atoms with van der Waals surface area (Å²) < 4.78 is 0. The van der Waals surface area contributed by atoms with Gasteiger partial charge in [-0.1, -0.05) is 0 Å². The lowest BCUT2D eigenvalue weighted by Gasteiger charge is -2.27. The minimum atomic E-state index is -1.85. The van der Waals surface area contributed by atoms with Crippen LogP contribution in [-0.2, 0) is 0 Å². The second-order valence-corrected chi connectivity index (χ2v) is 5.45. The maximum Gasteiger partial charge on any atom is 0.111 e. The topological polar surface area (TPSA) is 263 Å². The maximum atomic E-state index is 9.15. The van der Waals surface area contributed by atoms with E-state index in [-0.39, 0.29) is 0 Å². The van der Waals surface area contributed by atoms with Crippen LogP contribution >= 0.6 is 0 Å². The van der Waals surface area contributed by atoms with Gasteiger partial charge in [-0.25, -0.2) is 0 Å². The Labute approximate surface area is 148 Å². The van der Waals surface area contributed by atoms with E-state index in [2.05, 4.69) is 0 Å². The maximum absolute atomic E-state index is 9.15. The molecular weight excluding hydrogens is 364 g/mol. The van der Waals surface area contributed by atoms with Gasteiger partial charge in [-0.3, -0.25) is 0 Å². The predicted octanol–water partition coefficient (Wildman–Crippen LogP) is -7.81. The van der Waals surface area contributed by atoms with Crippen molar-refractivity contribution in [3.63, 3.8) is 0 Å². The van der Waals surface area contributed by atoms with Crippen LogP contribution in [0.15, 0.2) is 0 Å². The number of aliphatic hydroxyl groups excluding tert-OH is 13. The molecule has 13 nitrogen and oxygen atoms in total. The van der Waals surface area contributed by atoms with Gasteiger partial charge in [0, 0.05) is 0 Å². The van der Waals surface area contributed by atoms with Crippen molar-refractivity contribution < 1.29 is 66.4 Å². The Bertz CT molecular complexity index is 303. The van der Waals surface area contributed by atoms with Crippen LogP contribution in [0.2, 0.25) is 0 Å². The minimum Gasteiger partial charge on any atom is -0.394 e. The Morgan fingerprint density at radius 1 is 0.308 bits per heavy atom. The van der Waals surface area contributed by atoms with E-state index in [1.807, 2.05) is 0 Å². The molecule has 0 aromatic carbocycles. The first-order valence-corrected chi connectivity index (χ1v) is 7.56. The zero-order valence-corrected chi connectivity index (χ0v) is 13.8. The second-order valence-electron chi connectivity index (χ2n) is 5.45. The van der Waals surface area contributed by atoms with Crippen molar-refractivity contribution in [2.24, 2.45) is 0 Å². The molecule has 0 aromatic rings. The zero-order valence-electron chi connectivity index (χ0n) is 13.8. The van der Waals surface area contributed by atoms with E-state index in [0.717, 1.165) is 0 Å². The third kappa shape index (κ3) is 9.43. The molecule has 0 fully saturated rings. The van der Waals surface area contributed by atoms with Crippen molar-refractivity contribution in [3.05, 3.63) is 0 Å². The summed E-state index contributed by atoms with van der Waals surface area (Å²) >= 11 is 0. The first-order chi connectivity index (χ1) is 12.0. The van der Waals surface area contributed by atoms with Crippen LogP contribution in [-0.4, -0.2) is 148 Å². The smallest absolute Gasteiger partial charge is 0.111 e. The highest BCUT2D eigenvalue weighted by Crippen LogP contribution is 2.08. The van der Waals surface area contributed by atoms with Crippen molar-refractivity contribution in [2.45, 2.75) is 54.9 Å². The molecule has 0 amide bonds. The van der Waals surface area contributed by atoms with Crippen molar-refractivity contribution in [2.75, 3.05) is 26.4 Å².